The summed E-state index contributed by atoms with van der Waals surface area (Å²) >= 11 is 0. The van der Waals surface area contributed by atoms with Gasteiger partial charge in [0.15, 0.2) is 0 Å². The molecule has 1 amide bonds. The van der Waals surface area contributed by atoms with Gasteiger partial charge in [0.2, 0.25) is 0 Å². The number of carbonyl (C=O) groups excluding carboxylic acids is 1. The Morgan fingerprint density at radius 1 is 1.20 bits per heavy atom. The molecule has 0 bridgehead atoms. The molecule has 2 heteroatoms. The summed E-state index contributed by atoms with van der Waals surface area (Å²) in [6.07, 6.45) is 7.58. The van der Waals surface area contributed by atoms with Crippen molar-refractivity contribution in [2.24, 2.45) is 11.8 Å². The molecule has 1 N–H and O–H groups in total. The minimum absolute atomic E-state index is 0.0119. The molecule has 1 aromatic carbocycles. The van der Waals surface area contributed by atoms with Gasteiger partial charge >= 0.3 is 0 Å². The molecule has 0 aromatic heterocycles. The van der Waals surface area contributed by atoms with Crippen molar-refractivity contribution < 1.29 is 4.79 Å². The number of rotatable bonds is 4. The molecule has 2 atom stereocenters. The van der Waals surface area contributed by atoms with E-state index >= 15 is 0 Å². The van der Waals surface area contributed by atoms with E-state index in [0.717, 1.165) is 24.1 Å². The molecule has 1 fully saturated rings. The molecule has 0 aliphatic heterocycles. The number of nitrogens with one attached hydrogen (secondary N) is 1. The Balaban J connectivity index is 1.68. The molecule has 1 aromatic rings. The Morgan fingerprint density at radius 3 is 2.65 bits per heavy atom. The largest absolute Gasteiger partial charge is 0.325 e. The first-order valence-corrected chi connectivity index (χ1v) is 7.47. The third kappa shape index (κ3) is 2.55. The summed E-state index contributed by atoms with van der Waals surface area (Å²) in [5, 5.41) is 3.08. The summed E-state index contributed by atoms with van der Waals surface area (Å²) < 4.78 is 0. The van der Waals surface area contributed by atoms with Gasteiger partial charge in [-0.1, -0.05) is 37.1 Å². The zero-order valence-corrected chi connectivity index (χ0v) is 12.1. The fourth-order valence-corrected chi connectivity index (χ4v) is 2.96. The quantitative estimate of drug-likeness (QED) is 0.882. The number of fused-ring (bicyclic) bond motifs is 1. The highest BCUT2D eigenvalue weighted by Gasteiger charge is 2.42. The van der Waals surface area contributed by atoms with Crippen LogP contribution in [0.1, 0.15) is 42.6 Å². The standard InChI is InChI=1S/C18H21NO/c1-3-4-13-6-8-14(9-7-13)18(20)19-17-10-5-12(2)15-11-16(15)17/h5-10,15-16H,3-4,11H2,1-2H3,(H,19,20). The zero-order chi connectivity index (χ0) is 14.1. The number of benzene rings is 1. The van der Waals surface area contributed by atoms with Crippen LogP contribution in [0.2, 0.25) is 0 Å². The molecule has 2 nitrogen and oxygen atoms in total. The summed E-state index contributed by atoms with van der Waals surface area (Å²) in [6.45, 7) is 4.34. The number of hydrogen-bond acceptors (Lipinski definition) is 1. The van der Waals surface area contributed by atoms with Crippen LogP contribution in [-0.4, -0.2) is 5.91 Å². The van der Waals surface area contributed by atoms with Crippen molar-refractivity contribution in [2.45, 2.75) is 33.1 Å². The molecule has 2 unspecified atom stereocenters. The Morgan fingerprint density at radius 2 is 1.95 bits per heavy atom. The molecule has 104 valence electrons. The monoisotopic (exact) mass is 267 g/mol. The van der Waals surface area contributed by atoms with E-state index in [1.54, 1.807) is 0 Å². The SMILES string of the molecule is CCCc1ccc(C(=O)NC2=CC=C(C)C3CC23)cc1. The molecule has 3 rings (SSSR count). The average molecular weight is 267 g/mol. The smallest absolute Gasteiger partial charge is 0.255 e. The number of hydrogen-bond donors (Lipinski definition) is 1. The first-order chi connectivity index (χ1) is 9.69. The van der Waals surface area contributed by atoms with Gasteiger partial charge in [0.25, 0.3) is 5.91 Å². The second-order valence-electron chi connectivity index (χ2n) is 5.88. The first kappa shape index (κ1) is 13.2. The van der Waals surface area contributed by atoms with Crippen LogP contribution >= 0.6 is 0 Å². The molecule has 2 aliphatic carbocycles. The van der Waals surface area contributed by atoms with Crippen LogP contribution in [0.3, 0.4) is 0 Å². The van der Waals surface area contributed by atoms with Crippen LogP contribution in [0, 0.1) is 11.8 Å². The summed E-state index contributed by atoms with van der Waals surface area (Å²) in [7, 11) is 0. The highest BCUT2D eigenvalue weighted by atomic mass is 16.1. The fourth-order valence-electron chi connectivity index (χ4n) is 2.96. The minimum atomic E-state index is 0.0119. The van der Waals surface area contributed by atoms with Crippen LogP contribution in [-0.2, 0) is 6.42 Å². The summed E-state index contributed by atoms with van der Waals surface area (Å²) in [6, 6.07) is 7.96. The van der Waals surface area contributed by atoms with E-state index in [9.17, 15) is 4.79 Å². The molecule has 0 heterocycles. The first-order valence-electron chi connectivity index (χ1n) is 7.47. The van der Waals surface area contributed by atoms with Crippen molar-refractivity contribution in [2.75, 3.05) is 0 Å². The maximum absolute atomic E-state index is 12.3. The van der Waals surface area contributed by atoms with Gasteiger partial charge in [0.05, 0.1) is 0 Å². The lowest BCUT2D eigenvalue weighted by Gasteiger charge is -2.13. The molecular formula is C18H21NO. The van der Waals surface area contributed by atoms with Crippen LogP contribution in [0.4, 0.5) is 0 Å². The van der Waals surface area contributed by atoms with Crippen LogP contribution < -0.4 is 5.32 Å². The van der Waals surface area contributed by atoms with E-state index in [1.165, 1.54) is 17.6 Å². The lowest BCUT2D eigenvalue weighted by molar-refractivity contribution is 0.0963. The fraction of sp³-hybridized carbons (Fsp3) is 0.389. The van der Waals surface area contributed by atoms with E-state index in [0.29, 0.717) is 11.8 Å². The number of allylic oxidation sites excluding steroid dienone is 4. The van der Waals surface area contributed by atoms with Crippen molar-refractivity contribution in [1.82, 2.24) is 5.32 Å². The van der Waals surface area contributed by atoms with Gasteiger partial charge in [-0.3, -0.25) is 4.79 Å². The van der Waals surface area contributed by atoms with Gasteiger partial charge in [-0.2, -0.15) is 0 Å². The van der Waals surface area contributed by atoms with Gasteiger partial charge in [0.1, 0.15) is 0 Å². The maximum atomic E-state index is 12.3. The van der Waals surface area contributed by atoms with Gasteiger partial charge in [-0.05, 0) is 49.5 Å². The number of aryl methyl sites for hydroxylation is 1. The zero-order valence-electron chi connectivity index (χ0n) is 12.1. The Bertz CT molecular complexity index is 580. The van der Waals surface area contributed by atoms with Crippen molar-refractivity contribution in [3.05, 3.63) is 58.8 Å². The van der Waals surface area contributed by atoms with Crippen LogP contribution in [0.5, 0.6) is 0 Å². The van der Waals surface area contributed by atoms with Crippen molar-refractivity contribution in [3.8, 4) is 0 Å². The summed E-state index contributed by atoms with van der Waals surface area (Å²) in [5.41, 5.74) is 4.57. The van der Waals surface area contributed by atoms with E-state index < -0.39 is 0 Å². The Kier molecular flexibility index (Phi) is 3.47. The highest BCUT2D eigenvalue weighted by Crippen LogP contribution is 2.50. The van der Waals surface area contributed by atoms with Gasteiger partial charge in [-0.25, -0.2) is 0 Å². The van der Waals surface area contributed by atoms with E-state index in [2.05, 4.69) is 43.4 Å². The van der Waals surface area contributed by atoms with E-state index in [-0.39, 0.29) is 5.91 Å². The van der Waals surface area contributed by atoms with Gasteiger partial charge in [0, 0.05) is 17.2 Å². The van der Waals surface area contributed by atoms with E-state index in [4.69, 9.17) is 0 Å². The molecule has 1 saturated carbocycles. The lowest BCUT2D eigenvalue weighted by Crippen LogP contribution is -2.25. The van der Waals surface area contributed by atoms with Crippen LogP contribution in [0.25, 0.3) is 0 Å². The van der Waals surface area contributed by atoms with Gasteiger partial charge in [-0.15, -0.1) is 0 Å². The molecule has 20 heavy (non-hydrogen) atoms. The predicted molar refractivity (Wildman–Crippen MR) is 81.3 cm³/mol. The molecular weight excluding hydrogens is 246 g/mol. The molecule has 2 aliphatic rings. The summed E-state index contributed by atoms with van der Waals surface area (Å²) in [4.78, 5) is 12.3. The minimum Gasteiger partial charge on any atom is -0.325 e. The van der Waals surface area contributed by atoms with Crippen LogP contribution in [0.15, 0.2) is 47.7 Å². The average Bonchev–Trinajstić information content (AvgIpc) is 3.24. The summed E-state index contributed by atoms with van der Waals surface area (Å²) in [5.74, 6) is 1.23. The van der Waals surface area contributed by atoms with Gasteiger partial charge < -0.3 is 5.32 Å². The lowest BCUT2D eigenvalue weighted by atomic mass is 10.0. The maximum Gasteiger partial charge on any atom is 0.255 e. The third-order valence-electron chi connectivity index (χ3n) is 4.31. The van der Waals surface area contributed by atoms with Crippen molar-refractivity contribution in [1.29, 1.82) is 0 Å². The predicted octanol–water partition coefficient (Wildman–Crippen LogP) is 3.85. The normalized spacial score (nSPS) is 23.5. The molecule has 0 saturated heterocycles. The third-order valence-corrected chi connectivity index (χ3v) is 4.31. The second kappa shape index (κ2) is 5.28. The number of carbonyl (C=O) groups is 1. The topological polar surface area (TPSA) is 29.1 Å². The number of amides is 1. The van der Waals surface area contributed by atoms with Crippen molar-refractivity contribution >= 4 is 5.91 Å². The Hall–Kier alpha value is -1.83. The highest BCUT2D eigenvalue weighted by molar-refractivity contribution is 5.95. The van der Waals surface area contributed by atoms with Crippen molar-refractivity contribution in [3.63, 3.8) is 0 Å². The molecule has 0 spiro atoms. The second-order valence-corrected chi connectivity index (χ2v) is 5.88. The molecule has 0 radical (unpaired) electrons. The Labute approximate surface area is 120 Å². The van der Waals surface area contributed by atoms with E-state index in [1.807, 2.05) is 12.1 Å².